The van der Waals surface area contributed by atoms with E-state index >= 15 is 4.39 Å². The molecule has 4 aromatic rings. The maximum Gasteiger partial charge on any atom is 0.187 e. The van der Waals surface area contributed by atoms with Crippen molar-refractivity contribution in [2.45, 2.75) is 43.7 Å². The summed E-state index contributed by atoms with van der Waals surface area (Å²) in [6.45, 7) is 0. The first kappa shape index (κ1) is 17.5. The molecule has 2 aliphatic heterocycles. The number of nitrogens with zero attached hydrogens (tertiary/aromatic N) is 5. The van der Waals surface area contributed by atoms with E-state index in [2.05, 4.69) is 25.4 Å². The third kappa shape index (κ3) is 2.69. The number of pyridine rings is 1. The third-order valence-electron chi connectivity index (χ3n) is 6.32. The zero-order valence-corrected chi connectivity index (χ0v) is 16.2. The normalized spacial score (nSPS) is 23.3. The molecule has 2 aliphatic rings. The maximum atomic E-state index is 15.1. The summed E-state index contributed by atoms with van der Waals surface area (Å²) in [5.74, 6) is 0.328. The Morgan fingerprint density at radius 1 is 1.10 bits per heavy atom. The van der Waals surface area contributed by atoms with Gasteiger partial charge in [-0.25, -0.2) is 14.4 Å². The van der Waals surface area contributed by atoms with Crippen LogP contribution in [0.15, 0.2) is 36.9 Å². The predicted octanol–water partition coefficient (Wildman–Crippen LogP) is 2.90. The molecule has 0 saturated carbocycles. The Labute approximate surface area is 171 Å². The van der Waals surface area contributed by atoms with Crippen molar-refractivity contribution >= 4 is 11.5 Å². The highest BCUT2D eigenvalue weighted by atomic mass is 19.1. The summed E-state index contributed by atoms with van der Waals surface area (Å²) >= 11 is 0. The van der Waals surface area contributed by atoms with Crippen molar-refractivity contribution in [3.8, 4) is 22.6 Å². The first-order valence-electron chi connectivity index (χ1n) is 10.2. The Morgan fingerprint density at radius 3 is 2.63 bits per heavy atom. The van der Waals surface area contributed by atoms with Crippen LogP contribution in [0.4, 0.5) is 10.2 Å². The van der Waals surface area contributed by atoms with Crippen LogP contribution in [-0.4, -0.2) is 41.6 Å². The van der Waals surface area contributed by atoms with Gasteiger partial charge in [0.25, 0.3) is 0 Å². The van der Waals surface area contributed by atoms with Gasteiger partial charge in [0, 0.05) is 47.7 Å². The summed E-state index contributed by atoms with van der Waals surface area (Å²) in [5, 5.41) is 7.88. The molecule has 152 valence electrons. The van der Waals surface area contributed by atoms with Gasteiger partial charge < -0.3 is 16.0 Å². The summed E-state index contributed by atoms with van der Waals surface area (Å²) in [5.41, 5.74) is 9.51. The number of halogens is 1. The molecule has 30 heavy (non-hydrogen) atoms. The van der Waals surface area contributed by atoms with E-state index in [1.807, 2.05) is 12.1 Å². The lowest BCUT2D eigenvalue weighted by atomic mass is 9.89. The topological polar surface area (TPSA) is 110 Å². The number of nitrogens with two attached hydrogens (primary N) is 1. The van der Waals surface area contributed by atoms with Crippen molar-refractivity contribution in [2.24, 2.45) is 0 Å². The van der Waals surface area contributed by atoms with Crippen LogP contribution in [0.2, 0.25) is 0 Å². The first-order valence-corrected chi connectivity index (χ1v) is 10.2. The molecular formula is C21H21FN8. The largest absolute Gasteiger partial charge is 0.381 e. The van der Waals surface area contributed by atoms with Crippen molar-refractivity contribution in [3.05, 3.63) is 48.4 Å². The average Bonchev–Trinajstić information content (AvgIpc) is 3.51. The molecule has 2 saturated heterocycles. The molecule has 4 aromatic heterocycles. The van der Waals surface area contributed by atoms with Gasteiger partial charge in [-0.2, -0.15) is 9.61 Å². The smallest absolute Gasteiger partial charge is 0.187 e. The van der Waals surface area contributed by atoms with Crippen molar-refractivity contribution in [1.29, 1.82) is 0 Å². The number of aromatic amines is 1. The number of rotatable bonds is 3. The molecule has 6 rings (SSSR count). The fourth-order valence-electron chi connectivity index (χ4n) is 4.87. The minimum absolute atomic E-state index is 0.00675. The Balaban J connectivity index is 1.42. The first-order chi connectivity index (χ1) is 14.7. The lowest BCUT2D eigenvalue weighted by Gasteiger charge is -2.29. The molecule has 2 bridgehead atoms. The molecule has 2 atom stereocenters. The van der Waals surface area contributed by atoms with Crippen molar-refractivity contribution < 1.29 is 4.39 Å². The fourth-order valence-corrected chi connectivity index (χ4v) is 4.87. The van der Waals surface area contributed by atoms with Gasteiger partial charge in [0.2, 0.25) is 0 Å². The molecule has 9 heteroatoms. The van der Waals surface area contributed by atoms with Gasteiger partial charge in [0.15, 0.2) is 23.1 Å². The zero-order valence-electron chi connectivity index (χ0n) is 16.2. The molecule has 0 aliphatic carbocycles. The number of hydrogen-bond donors (Lipinski definition) is 3. The molecular weight excluding hydrogens is 383 g/mol. The van der Waals surface area contributed by atoms with Crippen LogP contribution >= 0.6 is 0 Å². The van der Waals surface area contributed by atoms with Gasteiger partial charge in [0.1, 0.15) is 5.69 Å². The zero-order chi connectivity index (χ0) is 20.2. The van der Waals surface area contributed by atoms with Gasteiger partial charge in [-0.15, -0.1) is 0 Å². The van der Waals surface area contributed by atoms with Gasteiger partial charge >= 0.3 is 0 Å². The number of nitrogen functional groups attached to an aromatic ring is 1. The van der Waals surface area contributed by atoms with E-state index in [1.54, 1.807) is 24.8 Å². The predicted molar refractivity (Wildman–Crippen MR) is 110 cm³/mol. The number of hydrogen-bond acceptors (Lipinski definition) is 6. The van der Waals surface area contributed by atoms with Gasteiger partial charge in [-0.3, -0.25) is 4.98 Å². The average molecular weight is 404 g/mol. The number of piperidine rings is 1. The lowest BCUT2D eigenvalue weighted by Crippen LogP contribution is -2.37. The lowest BCUT2D eigenvalue weighted by molar-refractivity contribution is 0.351. The molecule has 2 fully saturated rings. The quantitative estimate of drug-likeness (QED) is 0.484. The Kier molecular flexibility index (Phi) is 3.85. The monoisotopic (exact) mass is 404 g/mol. The highest BCUT2D eigenvalue weighted by molar-refractivity contribution is 5.78. The van der Waals surface area contributed by atoms with Crippen molar-refractivity contribution in [2.75, 3.05) is 5.73 Å². The Bertz CT molecular complexity index is 1200. The van der Waals surface area contributed by atoms with Crippen LogP contribution < -0.4 is 11.1 Å². The Morgan fingerprint density at radius 2 is 1.93 bits per heavy atom. The van der Waals surface area contributed by atoms with Crippen LogP contribution in [0.3, 0.4) is 0 Å². The van der Waals surface area contributed by atoms with Crippen LogP contribution in [0.1, 0.15) is 37.3 Å². The number of anilines is 1. The van der Waals surface area contributed by atoms with Crippen LogP contribution in [0.5, 0.6) is 0 Å². The van der Waals surface area contributed by atoms with Crippen LogP contribution in [0.25, 0.3) is 28.3 Å². The fraction of sp³-hybridized carbons (Fsp3) is 0.333. The molecule has 6 heterocycles. The van der Waals surface area contributed by atoms with Crippen LogP contribution in [-0.2, 0) is 0 Å². The van der Waals surface area contributed by atoms with Crippen molar-refractivity contribution in [3.63, 3.8) is 0 Å². The Hall–Kier alpha value is -3.33. The number of nitrogens with one attached hydrogen (secondary N) is 2. The van der Waals surface area contributed by atoms with E-state index in [-0.39, 0.29) is 11.7 Å². The molecule has 0 amide bonds. The number of H-pyrrole nitrogens is 1. The second-order valence-corrected chi connectivity index (χ2v) is 8.17. The maximum absolute atomic E-state index is 15.1. The third-order valence-corrected chi connectivity index (χ3v) is 6.32. The summed E-state index contributed by atoms with van der Waals surface area (Å²) in [6.07, 6.45) is 10.9. The molecule has 0 radical (unpaired) electrons. The molecule has 0 spiro atoms. The van der Waals surface area contributed by atoms with E-state index < -0.39 is 5.82 Å². The van der Waals surface area contributed by atoms with E-state index in [0.29, 0.717) is 29.2 Å². The van der Waals surface area contributed by atoms with E-state index in [0.717, 1.165) is 42.5 Å². The molecule has 0 aromatic carbocycles. The van der Waals surface area contributed by atoms with Gasteiger partial charge in [-0.1, -0.05) is 6.07 Å². The molecule has 4 N–H and O–H groups in total. The molecule has 8 nitrogen and oxygen atoms in total. The second kappa shape index (κ2) is 6.60. The number of aromatic nitrogens is 6. The van der Waals surface area contributed by atoms with E-state index in [9.17, 15) is 0 Å². The highest BCUT2D eigenvalue weighted by Gasteiger charge is 2.36. The summed E-state index contributed by atoms with van der Waals surface area (Å²) in [7, 11) is 0. The summed E-state index contributed by atoms with van der Waals surface area (Å²) in [6, 6.07) is 4.70. The summed E-state index contributed by atoms with van der Waals surface area (Å²) < 4.78 is 16.5. The van der Waals surface area contributed by atoms with Crippen molar-refractivity contribution in [1.82, 2.24) is 34.9 Å². The number of imidazole rings is 1. The highest BCUT2D eigenvalue weighted by Crippen LogP contribution is 2.39. The van der Waals surface area contributed by atoms with E-state index in [1.165, 1.54) is 4.52 Å². The summed E-state index contributed by atoms with van der Waals surface area (Å²) in [4.78, 5) is 16.5. The van der Waals surface area contributed by atoms with E-state index in [4.69, 9.17) is 10.7 Å². The van der Waals surface area contributed by atoms with Crippen LogP contribution in [0, 0.1) is 5.82 Å². The molecule has 2 unspecified atom stereocenters. The minimum Gasteiger partial charge on any atom is -0.381 e. The second-order valence-electron chi connectivity index (χ2n) is 8.17. The minimum atomic E-state index is -0.449. The van der Waals surface area contributed by atoms with Gasteiger partial charge in [-0.05, 0) is 31.7 Å². The van der Waals surface area contributed by atoms with Gasteiger partial charge in [0.05, 0.1) is 11.9 Å². The number of fused-ring (bicyclic) bond motifs is 3. The SMILES string of the molecule is Nc1c(F)c(C2CC3CCC(C2)N3)nc2c(-c3ccc(-c4ncc[nH]4)nc3)cnn12. The standard InChI is InChI=1S/C21H21FN8/c22-17-18(12-7-13-2-3-14(8-12)28-13)29-21-15(10-27-30(21)19(17)23)11-1-4-16(26-9-11)20-24-5-6-25-20/h1,4-6,9-10,12-14,28H,2-3,7-8,23H2,(H,24,25).